The first-order valence-corrected chi connectivity index (χ1v) is 9.79. The first-order valence-electron chi connectivity index (χ1n) is 8.97. The van der Waals surface area contributed by atoms with E-state index in [0.29, 0.717) is 12.5 Å². The highest BCUT2D eigenvalue weighted by molar-refractivity contribution is 7.18. The summed E-state index contributed by atoms with van der Waals surface area (Å²) in [6.07, 6.45) is 2.11. The molecule has 4 nitrogen and oxygen atoms in total. The van der Waals surface area contributed by atoms with Gasteiger partial charge >= 0.3 is 0 Å². The zero-order chi connectivity index (χ0) is 17.9. The number of rotatable bonds is 4. The van der Waals surface area contributed by atoms with Crippen molar-refractivity contribution in [2.45, 2.75) is 25.4 Å². The third-order valence-electron chi connectivity index (χ3n) is 4.85. The second-order valence-electron chi connectivity index (χ2n) is 6.74. The van der Waals surface area contributed by atoms with Crippen molar-refractivity contribution in [2.75, 3.05) is 20.2 Å². The first kappa shape index (κ1) is 17.2. The van der Waals surface area contributed by atoms with E-state index in [-0.39, 0.29) is 5.91 Å². The van der Waals surface area contributed by atoms with Crippen LogP contribution in [0, 0.1) is 0 Å². The Morgan fingerprint density at radius 2 is 2.15 bits per heavy atom. The Balaban J connectivity index is 1.52. The van der Waals surface area contributed by atoms with E-state index in [9.17, 15) is 4.79 Å². The van der Waals surface area contributed by atoms with Crippen LogP contribution in [0.15, 0.2) is 48.5 Å². The third kappa shape index (κ3) is 3.50. The second-order valence-corrected chi connectivity index (χ2v) is 7.81. The van der Waals surface area contributed by atoms with E-state index in [0.717, 1.165) is 47.6 Å². The predicted molar refractivity (Wildman–Crippen MR) is 105 cm³/mol. The summed E-state index contributed by atoms with van der Waals surface area (Å²) in [4.78, 5) is 19.8. The summed E-state index contributed by atoms with van der Waals surface area (Å²) in [5.41, 5.74) is 2.82. The second kappa shape index (κ2) is 7.56. The van der Waals surface area contributed by atoms with E-state index >= 15 is 0 Å². The van der Waals surface area contributed by atoms with Gasteiger partial charge in [-0.3, -0.25) is 4.79 Å². The normalized spacial score (nSPS) is 17.6. The fourth-order valence-corrected chi connectivity index (χ4v) is 4.66. The lowest BCUT2D eigenvalue weighted by Gasteiger charge is -2.32. The molecule has 1 aliphatic heterocycles. The van der Waals surface area contributed by atoms with Crippen LogP contribution in [-0.4, -0.2) is 36.0 Å². The van der Waals surface area contributed by atoms with Gasteiger partial charge in [-0.25, -0.2) is 4.98 Å². The molecule has 1 amide bonds. The highest BCUT2D eigenvalue weighted by Crippen LogP contribution is 2.33. The van der Waals surface area contributed by atoms with Crippen molar-refractivity contribution in [2.24, 2.45) is 0 Å². The van der Waals surface area contributed by atoms with Gasteiger partial charge in [0.2, 0.25) is 0 Å². The van der Waals surface area contributed by atoms with Crippen LogP contribution in [0.2, 0.25) is 0 Å². The van der Waals surface area contributed by atoms with Crippen molar-refractivity contribution in [3.05, 3.63) is 64.7 Å². The lowest BCUT2D eigenvalue weighted by molar-refractivity contribution is 0.0707. The lowest BCUT2D eigenvalue weighted by atomic mass is 9.97. The summed E-state index contributed by atoms with van der Waals surface area (Å²) < 4.78 is 6.40. The van der Waals surface area contributed by atoms with E-state index in [2.05, 4.69) is 12.1 Å². The Labute approximate surface area is 157 Å². The number of hydrogen-bond donors (Lipinski definition) is 0. The molecule has 0 unspecified atom stereocenters. The number of ether oxygens (including phenoxy) is 1. The van der Waals surface area contributed by atoms with Crippen LogP contribution in [0.25, 0.3) is 10.2 Å². The quantitative estimate of drug-likeness (QED) is 0.684. The number of piperidine rings is 1. The van der Waals surface area contributed by atoms with Crippen LogP contribution in [-0.2, 0) is 11.3 Å². The highest BCUT2D eigenvalue weighted by atomic mass is 32.1. The van der Waals surface area contributed by atoms with Gasteiger partial charge in [0.05, 0.1) is 21.8 Å². The SMILES string of the molecule is COCc1cccc(C(=O)N2CCC[C@@H](c3nc4ccccc4s3)C2)c1. The van der Waals surface area contributed by atoms with Gasteiger partial charge in [-0.15, -0.1) is 11.3 Å². The minimum atomic E-state index is 0.105. The number of nitrogens with zero attached hydrogens (tertiary/aromatic N) is 2. The van der Waals surface area contributed by atoms with Gasteiger partial charge in [-0.05, 0) is 42.7 Å². The van der Waals surface area contributed by atoms with Gasteiger partial charge in [0.1, 0.15) is 0 Å². The van der Waals surface area contributed by atoms with Crippen molar-refractivity contribution in [1.29, 1.82) is 0 Å². The molecule has 3 aromatic rings. The molecule has 1 saturated heterocycles. The van der Waals surface area contributed by atoms with Gasteiger partial charge in [-0.2, -0.15) is 0 Å². The van der Waals surface area contributed by atoms with E-state index in [1.165, 1.54) is 4.70 Å². The number of carbonyl (C=O) groups is 1. The summed E-state index contributed by atoms with van der Waals surface area (Å²) in [7, 11) is 1.67. The van der Waals surface area contributed by atoms with Crippen molar-refractivity contribution >= 4 is 27.5 Å². The molecule has 0 aliphatic carbocycles. The molecule has 0 bridgehead atoms. The van der Waals surface area contributed by atoms with Crippen molar-refractivity contribution in [1.82, 2.24) is 9.88 Å². The predicted octanol–water partition coefficient (Wildman–Crippen LogP) is 4.46. The highest BCUT2D eigenvalue weighted by Gasteiger charge is 2.27. The third-order valence-corrected chi connectivity index (χ3v) is 6.05. The molecule has 4 rings (SSSR count). The molecule has 2 heterocycles. The monoisotopic (exact) mass is 366 g/mol. The molecule has 0 radical (unpaired) electrons. The molecule has 1 aromatic heterocycles. The van der Waals surface area contributed by atoms with Gasteiger partial charge in [-0.1, -0.05) is 24.3 Å². The number of benzene rings is 2. The lowest BCUT2D eigenvalue weighted by Crippen LogP contribution is -2.39. The summed E-state index contributed by atoms with van der Waals surface area (Å²) >= 11 is 1.76. The Bertz CT molecular complexity index is 888. The number of thiazole rings is 1. The number of fused-ring (bicyclic) bond motifs is 1. The fourth-order valence-electron chi connectivity index (χ4n) is 3.57. The van der Waals surface area contributed by atoms with Crippen molar-refractivity contribution in [3.8, 4) is 0 Å². The van der Waals surface area contributed by atoms with Crippen LogP contribution in [0.1, 0.15) is 39.7 Å². The summed E-state index contributed by atoms with van der Waals surface area (Å²) in [6, 6.07) is 16.0. The van der Waals surface area contributed by atoms with Gasteiger partial charge in [0.15, 0.2) is 0 Å². The zero-order valence-electron chi connectivity index (χ0n) is 14.9. The molecular weight excluding hydrogens is 344 g/mol. The standard InChI is InChI=1S/C21H22N2O2S/c1-25-14-15-6-4-7-16(12-15)21(24)23-11-5-8-17(13-23)20-22-18-9-2-3-10-19(18)26-20/h2-4,6-7,9-10,12,17H,5,8,11,13-14H2,1H3/t17-/m1/s1. The van der Waals surface area contributed by atoms with Crippen LogP contribution in [0.3, 0.4) is 0 Å². The van der Waals surface area contributed by atoms with Crippen molar-refractivity contribution in [3.63, 3.8) is 0 Å². The number of para-hydroxylation sites is 1. The van der Waals surface area contributed by atoms with Crippen LogP contribution in [0.4, 0.5) is 0 Å². The van der Waals surface area contributed by atoms with Crippen LogP contribution in [0.5, 0.6) is 0 Å². The molecule has 0 spiro atoms. The average Bonchev–Trinajstić information content (AvgIpc) is 3.12. The van der Waals surface area contributed by atoms with E-state index < -0.39 is 0 Å². The average molecular weight is 366 g/mol. The number of likely N-dealkylation sites (tertiary alicyclic amines) is 1. The van der Waals surface area contributed by atoms with Gasteiger partial charge in [0.25, 0.3) is 5.91 Å². The molecule has 26 heavy (non-hydrogen) atoms. The summed E-state index contributed by atoms with van der Waals surface area (Å²) in [5, 5.41) is 1.15. The topological polar surface area (TPSA) is 42.4 Å². The van der Waals surface area contributed by atoms with Gasteiger partial charge in [0, 0.05) is 31.7 Å². The molecule has 2 aromatic carbocycles. The molecule has 1 aliphatic rings. The smallest absolute Gasteiger partial charge is 0.253 e. The number of aromatic nitrogens is 1. The number of hydrogen-bond acceptors (Lipinski definition) is 4. The molecule has 1 atom stereocenters. The number of carbonyl (C=O) groups excluding carboxylic acids is 1. The Hall–Kier alpha value is -2.24. The Kier molecular flexibility index (Phi) is 5.00. The maximum absolute atomic E-state index is 13.0. The molecule has 1 fully saturated rings. The first-order chi connectivity index (χ1) is 12.7. The van der Waals surface area contributed by atoms with E-state index in [1.54, 1.807) is 18.4 Å². The van der Waals surface area contributed by atoms with E-state index in [4.69, 9.17) is 9.72 Å². The maximum Gasteiger partial charge on any atom is 0.253 e. The Morgan fingerprint density at radius 1 is 1.27 bits per heavy atom. The number of amides is 1. The molecular formula is C21H22N2O2S. The largest absolute Gasteiger partial charge is 0.380 e. The minimum absolute atomic E-state index is 0.105. The molecule has 134 valence electrons. The zero-order valence-corrected chi connectivity index (χ0v) is 15.7. The van der Waals surface area contributed by atoms with Gasteiger partial charge < -0.3 is 9.64 Å². The summed E-state index contributed by atoms with van der Waals surface area (Å²) in [5.74, 6) is 0.432. The molecule has 0 N–H and O–H groups in total. The van der Waals surface area contributed by atoms with Crippen LogP contribution < -0.4 is 0 Å². The minimum Gasteiger partial charge on any atom is -0.380 e. The van der Waals surface area contributed by atoms with Crippen LogP contribution >= 0.6 is 11.3 Å². The maximum atomic E-state index is 13.0. The fraction of sp³-hybridized carbons (Fsp3) is 0.333. The molecule has 0 saturated carbocycles. The summed E-state index contributed by atoms with van der Waals surface area (Å²) in [6.45, 7) is 2.08. The Morgan fingerprint density at radius 3 is 3.00 bits per heavy atom. The number of methoxy groups -OCH3 is 1. The van der Waals surface area contributed by atoms with E-state index in [1.807, 2.05) is 41.3 Å². The molecule has 5 heteroatoms. The van der Waals surface area contributed by atoms with Crippen molar-refractivity contribution < 1.29 is 9.53 Å².